The van der Waals surface area contributed by atoms with Gasteiger partial charge in [0.15, 0.2) is 0 Å². The van der Waals surface area contributed by atoms with Crippen molar-refractivity contribution in [2.75, 3.05) is 0 Å². The second-order valence-corrected chi connectivity index (χ2v) is 5.09. The predicted octanol–water partition coefficient (Wildman–Crippen LogP) is 2.58. The van der Waals surface area contributed by atoms with Gasteiger partial charge in [0, 0.05) is 11.1 Å². The Balaban J connectivity index is 2.02. The zero-order valence-corrected chi connectivity index (χ0v) is 9.37. The molecule has 0 aromatic carbocycles. The Kier molecular flexibility index (Phi) is 3.36. The van der Waals surface area contributed by atoms with Gasteiger partial charge in [0.2, 0.25) is 0 Å². The molecule has 0 spiro atoms. The number of rotatable bonds is 3. The minimum atomic E-state index is -0.621. The van der Waals surface area contributed by atoms with E-state index < -0.39 is 5.97 Å². The van der Waals surface area contributed by atoms with Crippen molar-refractivity contribution < 1.29 is 9.90 Å². The third kappa shape index (κ3) is 2.56. The van der Waals surface area contributed by atoms with E-state index in [1.54, 1.807) is 6.20 Å². The second-order valence-electron chi connectivity index (χ2n) is 4.17. The molecule has 0 bridgehead atoms. The Hall–Kier alpha value is -0.900. The fourth-order valence-corrected chi connectivity index (χ4v) is 3.05. The van der Waals surface area contributed by atoms with Gasteiger partial charge in [0.25, 0.3) is 0 Å². The third-order valence-corrected chi connectivity index (χ3v) is 3.95. The summed E-state index contributed by atoms with van der Waals surface area (Å²) in [6.07, 6.45) is 6.82. The first-order chi connectivity index (χ1) is 7.27. The normalized spacial score (nSPS) is 26.4. The molecule has 0 aliphatic heterocycles. The number of carboxylic acid groups (broad SMARTS) is 1. The van der Waals surface area contributed by atoms with E-state index in [2.05, 4.69) is 4.37 Å². The average molecular weight is 225 g/mol. The summed E-state index contributed by atoms with van der Waals surface area (Å²) in [4.78, 5) is 12.3. The van der Waals surface area contributed by atoms with E-state index in [4.69, 9.17) is 5.11 Å². The largest absolute Gasteiger partial charge is 0.481 e. The molecular formula is C11H15NO2S. The fourth-order valence-electron chi connectivity index (χ4n) is 2.38. The number of nitrogens with zero attached hydrogens (tertiary/aromatic N) is 1. The summed E-state index contributed by atoms with van der Waals surface area (Å²) < 4.78 is 4.05. The average Bonchev–Trinajstić information content (AvgIpc) is 2.71. The van der Waals surface area contributed by atoms with Crippen molar-refractivity contribution in [2.24, 2.45) is 11.8 Å². The van der Waals surface area contributed by atoms with Crippen LogP contribution < -0.4 is 0 Å². The molecule has 1 N–H and O–H groups in total. The first kappa shape index (κ1) is 10.6. The molecule has 1 saturated carbocycles. The van der Waals surface area contributed by atoms with Crippen molar-refractivity contribution in [2.45, 2.75) is 32.1 Å². The van der Waals surface area contributed by atoms with Gasteiger partial charge in [-0.05, 0) is 42.8 Å². The predicted molar refractivity (Wildman–Crippen MR) is 58.9 cm³/mol. The number of aliphatic carboxylic acids is 1. The Bertz CT molecular complexity index is 323. The van der Waals surface area contributed by atoms with Gasteiger partial charge < -0.3 is 5.11 Å². The molecular weight excluding hydrogens is 210 g/mol. The molecule has 1 aliphatic rings. The van der Waals surface area contributed by atoms with Crippen LogP contribution in [0.4, 0.5) is 0 Å². The lowest BCUT2D eigenvalue weighted by atomic mass is 9.77. The van der Waals surface area contributed by atoms with Crippen LogP contribution in [-0.2, 0) is 11.2 Å². The molecule has 0 amide bonds. The highest BCUT2D eigenvalue weighted by molar-refractivity contribution is 7.05. The van der Waals surface area contributed by atoms with Gasteiger partial charge in [-0.25, -0.2) is 4.37 Å². The minimum absolute atomic E-state index is 0.138. The Morgan fingerprint density at radius 1 is 1.53 bits per heavy atom. The van der Waals surface area contributed by atoms with Gasteiger partial charge in [0.05, 0.1) is 5.92 Å². The summed E-state index contributed by atoms with van der Waals surface area (Å²) in [5.74, 6) is -0.443. The zero-order chi connectivity index (χ0) is 10.7. The van der Waals surface area contributed by atoms with E-state index in [0.717, 1.165) is 25.7 Å². The van der Waals surface area contributed by atoms with E-state index in [9.17, 15) is 4.79 Å². The standard InChI is InChI=1S/C11H15NO2S/c13-11(14)10-4-2-1-3-8(10)7-9-5-6-12-15-9/h5-6,8,10H,1-4,7H2,(H,13,14). The molecule has 0 radical (unpaired) electrons. The molecule has 4 heteroatoms. The van der Waals surface area contributed by atoms with Gasteiger partial charge in [-0.3, -0.25) is 4.79 Å². The SMILES string of the molecule is O=C(O)C1CCCCC1Cc1ccns1. The zero-order valence-electron chi connectivity index (χ0n) is 8.56. The highest BCUT2D eigenvalue weighted by Gasteiger charge is 2.30. The van der Waals surface area contributed by atoms with Crippen molar-refractivity contribution >= 4 is 17.5 Å². The molecule has 15 heavy (non-hydrogen) atoms. The maximum absolute atomic E-state index is 11.1. The van der Waals surface area contributed by atoms with Crippen molar-refractivity contribution in [3.63, 3.8) is 0 Å². The van der Waals surface area contributed by atoms with E-state index in [-0.39, 0.29) is 5.92 Å². The van der Waals surface area contributed by atoms with E-state index in [1.165, 1.54) is 22.8 Å². The molecule has 1 aliphatic carbocycles. The number of carbonyl (C=O) groups is 1. The van der Waals surface area contributed by atoms with E-state index in [1.807, 2.05) is 6.07 Å². The number of carboxylic acids is 1. The maximum Gasteiger partial charge on any atom is 0.306 e. The Morgan fingerprint density at radius 3 is 3.00 bits per heavy atom. The van der Waals surface area contributed by atoms with Gasteiger partial charge >= 0.3 is 5.97 Å². The molecule has 1 heterocycles. The minimum Gasteiger partial charge on any atom is -0.481 e. The molecule has 82 valence electrons. The monoisotopic (exact) mass is 225 g/mol. The molecule has 2 rings (SSSR count). The lowest BCUT2D eigenvalue weighted by Gasteiger charge is -2.27. The van der Waals surface area contributed by atoms with Crippen LogP contribution in [0.1, 0.15) is 30.6 Å². The molecule has 2 atom stereocenters. The van der Waals surface area contributed by atoms with Crippen LogP contribution in [-0.4, -0.2) is 15.4 Å². The second kappa shape index (κ2) is 4.75. The number of hydrogen-bond acceptors (Lipinski definition) is 3. The van der Waals surface area contributed by atoms with Crippen LogP contribution in [0.25, 0.3) is 0 Å². The summed E-state index contributed by atoms with van der Waals surface area (Å²) in [6, 6.07) is 2.00. The Morgan fingerprint density at radius 2 is 2.33 bits per heavy atom. The molecule has 1 fully saturated rings. The number of hydrogen-bond donors (Lipinski definition) is 1. The summed E-state index contributed by atoms with van der Waals surface area (Å²) >= 11 is 1.49. The van der Waals surface area contributed by atoms with Crippen molar-refractivity contribution in [1.29, 1.82) is 0 Å². The first-order valence-corrected chi connectivity index (χ1v) is 6.17. The van der Waals surface area contributed by atoms with Crippen LogP contribution in [0.2, 0.25) is 0 Å². The van der Waals surface area contributed by atoms with Gasteiger partial charge in [-0.2, -0.15) is 0 Å². The maximum atomic E-state index is 11.1. The third-order valence-electron chi connectivity index (χ3n) is 3.18. The smallest absolute Gasteiger partial charge is 0.306 e. The molecule has 1 aromatic rings. The van der Waals surface area contributed by atoms with Crippen LogP contribution in [0.15, 0.2) is 12.3 Å². The molecule has 1 aromatic heterocycles. The van der Waals surface area contributed by atoms with E-state index in [0.29, 0.717) is 5.92 Å². The first-order valence-electron chi connectivity index (χ1n) is 5.39. The van der Waals surface area contributed by atoms with Crippen molar-refractivity contribution in [1.82, 2.24) is 4.37 Å². The summed E-state index contributed by atoms with van der Waals surface area (Å²) in [7, 11) is 0. The van der Waals surface area contributed by atoms with Crippen LogP contribution >= 0.6 is 11.5 Å². The lowest BCUT2D eigenvalue weighted by molar-refractivity contribution is -0.144. The van der Waals surface area contributed by atoms with Crippen molar-refractivity contribution in [3.05, 3.63) is 17.1 Å². The Labute approximate surface area is 93.3 Å². The molecule has 2 unspecified atom stereocenters. The molecule has 0 saturated heterocycles. The quantitative estimate of drug-likeness (QED) is 0.860. The van der Waals surface area contributed by atoms with Gasteiger partial charge in [-0.1, -0.05) is 12.8 Å². The fraction of sp³-hybridized carbons (Fsp3) is 0.636. The van der Waals surface area contributed by atoms with Crippen LogP contribution in [0.5, 0.6) is 0 Å². The lowest BCUT2D eigenvalue weighted by Crippen LogP contribution is -2.28. The van der Waals surface area contributed by atoms with Gasteiger partial charge in [0.1, 0.15) is 0 Å². The molecule has 3 nitrogen and oxygen atoms in total. The topological polar surface area (TPSA) is 50.2 Å². The summed E-state index contributed by atoms with van der Waals surface area (Å²) in [5, 5.41) is 9.13. The van der Waals surface area contributed by atoms with Crippen LogP contribution in [0, 0.1) is 11.8 Å². The van der Waals surface area contributed by atoms with E-state index >= 15 is 0 Å². The summed E-state index contributed by atoms with van der Waals surface area (Å²) in [6.45, 7) is 0. The van der Waals surface area contributed by atoms with Gasteiger partial charge in [-0.15, -0.1) is 0 Å². The van der Waals surface area contributed by atoms with Crippen molar-refractivity contribution in [3.8, 4) is 0 Å². The summed E-state index contributed by atoms with van der Waals surface area (Å²) in [5.41, 5.74) is 0. The number of aromatic nitrogens is 1. The highest BCUT2D eigenvalue weighted by atomic mass is 32.1. The van der Waals surface area contributed by atoms with Crippen LogP contribution in [0.3, 0.4) is 0 Å². The highest BCUT2D eigenvalue weighted by Crippen LogP contribution is 2.33.